The van der Waals surface area contributed by atoms with Gasteiger partial charge in [-0.05, 0) is 36.1 Å². The van der Waals surface area contributed by atoms with Crippen molar-refractivity contribution >= 4 is 10.8 Å². The van der Waals surface area contributed by atoms with Crippen LogP contribution in [0.3, 0.4) is 0 Å². The van der Waals surface area contributed by atoms with Crippen molar-refractivity contribution in [2.24, 2.45) is 0 Å². The first-order valence-electron chi connectivity index (χ1n) is 7.11. The van der Waals surface area contributed by atoms with E-state index in [0.717, 1.165) is 24.2 Å². The third-order valence-corrected chi connectivity index (χ3v) is 3.59. The second kappa shape index (κ2) is 5.52. The molecule has 0 aliphatic rings. The Hall–Kier alpha value is -2.42. The zero-order chi connectivity index (χ0) is 14.8. The molecule has 0 atom stereocenters. The zero-order valence-electron chi connectivity index (χ0n) is 11.8. The summed E-state index contributed by atoms with van der Waals surface area (Å²) in [5.41, 5.74) is 1.39. The zero-order valence-corrected chi connectivity index (χ0v) is 11.8. The van der Waals surface area contributed by atoms with Crippen LogP contribution >= 0.6 is 0 Å². The van der Waals surface area contributed by atoms with E-state index in [2.05, 4.69) is 6.92 Å². The molecular weight excluding hydrogens is 265 g/mol. The number of fused-ring (bicyclic) bond motifs is 1. The Labute approximate surface area is 122 Å². The summed E-state index contributed by atoms with van der Waals surface area (Å²) in [6.45, 7) is 2.07. The molecule has 3 heteroatoms. The summed E-state index contributed by atoms with van der Waals surface area (Å²) in [6, 6.07) is 16.1. The van der Waals surface area contributed by atoms with Crippen LogP contribution in [0.5, 0.6) is 0 Å². The Bertz CT molecular complexity index is 837. The molecule has 0 N–H and O–H groups in total. The molecule has 3 aromatic rings. The van der Waals surface area contributed by atoms with E-state index in [1.54, 1.807) is 16.7 Å². The number of aryl methyl sites for hydroxylation is 1. The van der Waals surface area contributed by atoms with Crippen LogP contribution in [0.2, 0.25) is 0 Å². The van der Waals surface area contributed by atoms with Gasteiger partial charge in [-0.15, -0.1) is 0 Å². The first-order valence-corrected chi connectivity index (χ1v) is 7.11. The summed E-state index contributed by atoms with van der Waals surface area (Å²) in [7, 11) is 0. The summed E-state index contributed by atoms with van der Waals surface area (Å²) in [5.74, 6) is -0.467. The maximum Gasteiger partial charge on any atom is 0.266 e. The molecule has 2 nitrogen and oxygen atoms in total. The molecule has 0 spiro atoms. The second-order valence-corrected chi connectivity index (χ2v) is 5.07. The number of nitrogens with zero attached hydrogens (tertiary/aromatic N) is 1. The highest BCUT2D eigenvalue weighted by molar-refractivity contribution is 5.83. The highest BCUT2D eigenvalue weighted by Gasteiger charge is 2.13. The molecule has 0 unspecified atom stereocenters. The van der Waals surface area contributed by atoms with Gasteiger partial charge in [0.1, 0.15) is 5.82 Å². The van der Waals surface area contributed by atoms with E-state index in [9.17, 15) is 9.18 Å². The number of rotatable bonds is 3. The summed E-state index contributed by atoms with van der Waals surface area (Å²) in [4.78, 5) is 12.8. The van der Waals surface area contributed by atoms with Crippen LogP contribution in [0.4, 0.5) is 4.39 Å². The van der Waals surface area contributed by atoms with Crippen LogP contribution in [0, 0.1) is 5.82 Å². The number of hydrogen-bond donors (Lipinski definition) is 0. The van der Waals surface area contributed by atoms with Gasteiger partial charge in [-0.1, -0.05) is 43.7 Å². The normalized spacial score (nSPS) is 11.0. The molecule has 2 aromatic carbocycles. The molecule has 0 aliphatic heterocycles. The summed E-state index contributed by atoms with van der Waals surface area (Å²) < 4.78 is 15.7. The Morgan fingerprint density at radius 1 is 1.05 bits per heavy atom. The van der Waals surface area contributed by atoms with Crippen molar-refractivity contribution in [1.29, 1.82) is 0 Å². The molecule has 0 bridgehead atoms. The molecule has 0 fully saturated rings. The minimum atomic E-state index is -0.467. The van der Waals surface area contributed by atoms with Crippen molar-refractivity contribution < 1.29 is 4.39 Å². The van der Waals surface area contributed by atoms with Crippen molar-refractivity contribution in [3.05, 3.63) is 76.5 Å². The SMILES string of the molecule is CCCc1cc2cccc(F)c2c(=O)n1-c1ccccc1. The van der Waals surface area contributed by atoms with Crippen molar-refractivity contribution in [3.8, 4) is 5.69 Å². The van der Waals surface area contributed by atoms with E-state index >= 15 is 0 Å². The Balaban J connectivity index is 2.41. The monoisotopic (exact) mass is 281 g/mol. The number of aromatic nitrogens is 1. The molecule has 106 valence electrons. The van der Waals surface area contributed by atoms with Crippen molar-refractivity contribution in [1.82, 2.24) is 4.57 Å². The van der Waals surface area contributed by atoms with Crippen LogP contribution in [0.1, 0.15) is 19.0 Å². The smallest absolute Gasteiger partial charge is 0.266 e. The van der Waals surface area contributed by atoms with E-state index in [4.69, 9.17) is 0 Å². The predicted octanol–water partition coefficient (Wildman–Crippen LogP) is 4.08. The minimum Gasteiger partial charge on any atom is -0.281 e. The number of para-hydroxylation sites is 1. The van der Waals surface area contributed by atoms with E-state index < -0.39 is 5.82 Å². The van der Waals surface area contributed by atoms with Crippen molar-refractivity contribution in [3.63, 3.8) is 0 Å². The van der Waals surface area contributed by atoms with Crippen LogP contribution in [-0.4, -0.2) is 4.57 Å². The van der Waals surface area contributed by atoms with Gasteiger partial charge in [0.15, 0.2) is 0 Å². The van der Waals surface area contributed by atoms with Crippen LogP contribution in [-0.2, 0) is 6.42 Å². The highest BCUT2D eigenvalue weighted by atomic mass is 19.1. The molecule has 0 amide bonds. The quantitative estimate of drug-likeness (QED) is 0.709. The average molecular weight is 281 g/mol. The lowest BCUT2D eigenvalue weighted by molar-refractivity contribution is 0.637. The van der Waals surface area contributed by atoms with Crippen molar-refractivity contribution in [2.45, 2.75) is 19.8 Å². The van der Waals surface area contributed by atoms with Gasteiger partial charge in [-0.2, -0.15) is 0 Å². The topological polar surface area (TPSA) is 22.0 Å². The molecule has 1 heterocycles. The average Bonchev–Trinajstić information content (AvgIpc) is 2.48. The highest BCUT2D eigenvalue weighted by Crippen LogP contribution is 2.19. The Kier molecular flexibility index (Phi) is 3.57. The van der Waals surface area contributed by atoms with Crippen LogP contribution in [0.15, 0.2) is 59.4 Å². The predicted molar refractivity (Wildman–Crippen MR) is 83.5 cm³/mol. The molecule has 21 heavy (non-hydrogen) atoms. The number of halogens is 1. The molecule has 0 saturated carbocycles. The number of hydrogen-bond acceptors (Lipinski definition) is 1. The molecule has 0 aliphatic carbocycles. The summed E-state index contributed by atoms with van der Waals surface area (Å²) in [5, 5.41) is 0.817. The molecular formula is C18H16FNO. The molecule has 0 radical (unpaired) electrons. The van der Waals surface area contributed by atoms with E-state index in [1.165, 1.54) is 6.07 Å². The molecule has 0 saturated heterocycles. The van der Waals surface area contributed by atoms with Gasteiger partial charge < -0.3 is 0 Å². The van der Waals surface area contributed by atoms with Crippen LogP contribution < -0.4 is 5.56 Å². The van der Waals surface area contributed by atoms with Crippen molar-refractivity contribution in [2.75, 3.05) is 0 Å². The maximum atomic E-state index is 14.0. The molecule has 1 aromatic heterocycles. The summed E-state index contributed by atoms with van der Waals surface area (Å²) >= 11 is 0. The lowest BCUT2D eigenvalue weighted by atomic mass is 10.1. The van der Waals surface area contributed by atoms with Gasteiger partial charge in [0.25, 0.3) is 5.56 Å². The Morgan fingerprint density at radius 2 is 1.81 bits per heavy atom. The lowest BCUT2D eigenvalue weighted by Crippen LogP contribution is -2.22. The fourth-order valence-corrected chi connectivity index (χ4v) is 2.67. The fourth-order valence-electron chi connectivity index (χ4n) is 2.67. The largest absolute Gasteiger partial charge is 0.281 e. The number of benzene rings is 2. The molecule has 3 rings (SSSR count). The third kappa shape index (κ3) is 2.35. The van der Waals surface area contributed by atoms with Gasteiger partial charge in [0, 0.05) is 11.4 Å². The maximum absolute atomic E-state index is 14.0. The van der Waals surface area contributed by atoms with E-state index in [0.29, 0.717) is 5.39 Å². The lowest BCUT2D eigenvalue weighted by Gasteiger charge is -2.14. The van der Waals surface area contributed by atoms with Crippen LogP contribution in [0.25, 0.3) is 16.5 Å². The minimum absolute atomic E-state index is 0.154. The van der Waals surface area contributed by atoms with E-state index in [-0.39, 0.29) is 10.9 Å². The summed E-state index contributed by atoms with van der Waals surface area (Å²) in [6.07, 6.45) is 1.70. The standard InChI is InChI=1S/C18H16FNO/c1-2-7-15-12-13-8-6-11-16(19)17(13)18(21)20(15)14-9-4-3-5-10-14/h3-6,8-12H,2,7H2,1H3. The Morgan fingerprint density at radius 3 is 2.52 bits per heavy atom. The van der Waals surface area contributed by atoms with Gasteiger partial charge in [-0.3, -0.25) is 9.36 Å². The number of pyridine rings is 1. The first kappa shape index (κ1) is 13.6. The third-order valence-electron chi connectivity index (χ3n) is 3.59. The van der Waals surface area contributed by atoms with Gasteiger partial charge >= 0.3 is 0 Å². The fraction of sp³-hybridized carbons (Fsp3) is 0.167. The van der Waals surface area contributed by atoms with Gasteiger partial charge in [-0.25, -0.2) is 4.39 Å². The van der Waals surface area contributed by atoms with Gasteiger partial charge in [0.2, 0.25) is 0 Å². The second-order valence-electron chi connectivity index (χ2n) is 5.07. The van der Waals surface area contributed by atoms with E-state index in [1.807, 2.05) is 36.4 Å². The first-order chi connectivity index (χ1) is 10.2. The van der Waals surface area contributed by atoms with Gasteiger partial charge in [0.05, 0.1) is 5.39 Å².